The van der Waals surface area contributed by atoms with E-state index in [1.165, 1.54) is 11.3 Å². The molecule has 0 aromatic carbocycles. The van der Waals surface area contributed by atoms with Crippen LogP contribution in [0.3, 0.4) is 0 Å². The van der Waals surface area contributed by atoms with Crippen LogP contribution in [-0.4, -0.2) is 17.9 Å². The molecule has 84 valence electrons. The van der Waals surface area contributed by atoms with Gasteiger partial charge in [0.1, 0.15) is 9.88 Å². The minimum Gasteiger partial charge on any atom is -0.480 e. The summed E-state index contributed by atoms with van der Waals surface area (Å²) < 4.78 is 5.13. The highest BCUT2D eigenvalue weighted by atomic mass is 32.1. The molecule has 2 rings (SSSR count). The second-order valence-corrected chi connectivity index (χ2v) is 5.06. The summed E-state index contributed by atoms with van der Waals surface area (Å²) in [6.45, 7) is 1.84. The van der Waals surface area contributed by atoms with Gasteiger partial charge in [0, 0.05) is 6.42 Å². The van der Waals surface area contributed by atoms with E-state index < -0.39 is 0 Å². The van der Waals surface area contributed by atoms with E-state index >= 15 is 0 Å². The first kappa shape index (κ1) is 11.3. The SMILES string of the molecule is CCC(=O)c1sc(-c2cccs2)nc1OC. The van der Waals surface area contributed by atoms with Gasteiger partial charge in [-0.3, -0.25) is 4.79 Å². The van der Waals surface area contributed by atoms with Crippen molar-refractivity contribution in [3.05, 3.63) is 22.4 Å². The molecule has 2 aromatic rings. The van der Waals surface area contributed by atoms with Gasteiger partial charge in [-0.25, -0.2) is 4.98 Å². The molecular weight excluding hydrogens is 242 g/mol. The van der Waals surface area contributed by atoms with E-state index in [0.29, 0.717) is 17.2 Å². The molecular formula is C11H11NO2S2. The number of ketones is 1. The molecule has 0 unspecified atom stereocenters. The number of aromatic nitrogens is 1. The van der Waals surface area contributed by atoms with Crippen molar-refractivity contribution in [1.82, 2.24) is 4.98 Å². The fraction of sp³-hybridized carbons (Fsp3) is 0.273. The Morgan fingerprint density at radius 3 is 2.94 bits per heavy atom. The first-order valence-electron chi connectivity index (χ1n) is 4.88. The van der Waals surface area contributed by atoms with E-state index in [1.54, 1.807) is 18.4 Å². The number of carbonyl (C=O) groups is 1. The zero-order chi connectivity index (χ0) is 11.5. The Bertz CT molecular complexity index is 488. The van der Waals surface area contributed by atoms with Crippen molar-refractivity contribution in [2.24, 2.45) is 0 Å². The molecule has 5 heteroatoms. The van der Waals surface area contributed by atoms with Crippen LogP contribution in [0.5, 0.6) is 5.88 Å². The van der Waals surface area contributed by atoms with Crippen molar-refractivity contribution in [2.45, 2.75) is 13.3 Å². The van der Waals surface area contributed by atoms with Crippen LogP contribution in [-0.2, 0) is 0 Å². The summed E-state index contributed by atoms with van der Waals surface area (Å²) in [5.74, 6) is 0.525. The van der Waals surface area contributed by atoms with Crippen LogP contribution in [0, 0.1) is 0 Å². The standard InChI is InChI=1S/C11H11NO2S2/c1-3-7(13)9-10(14-2)12-11(16-9)8-5-4-6-15-8/h4-6H,3H2,1-2H3. The Morgan fingerprint density at radius 1 is 1.56 bits per heavy atom. The van der Waals surface area contributed by atoms with E-state index in [-0.39, 0.29) is 5.78 Å². The van der Waals surface area contributed by atoms with Crippen LogP contribution in [0.2, 0.25) is 0 Å². The van der Waals surface area contributed by atoms with E-state index in [2.05, 4.69) is 4.98 Å². The normalized spacial score (nSPS) is 10.4. The van der Waals surface area contributed by atoms with Crippen molar-refractivity contribution < 1.29 is 9.53 Å². The average Bonchev–Trinajstić information content (AvgIpc) is 2.95. The fourth-order valence-electron chi connectivity index (χ4n) is 1.29. The lowest BCUT2D eigenvalue weighted by Crippen LogP contribution is -1.96. The number of nitrogens with zero attached hydrogens (tertiary/aromatic N) is 1. The van der Waals surface area contributed by atoms with E-state index in [4.69, 9.17) is 4.74 Å². The quantitative estimate of drug-likeness (QED) is 0.783. The summed E-state index contributed by atoms with van der Waals surface area (Å²) in [6, 6.07) is 3.96. The average molecular weight is 253 g/mol. The third-order valence-corrected chi connectivity index (χ3v) is 4.21. The maximum atomic E-state index is 11.7. The van der Waals surface area contributed by atoms with E-state index in [1.807, 2.05) is 24.4 Å². The largest absolute Gasteiger partial charge is 0.480 e. The van der Waals surface area contributed by atoms with Gasteiger partial charge in [0.05, 0.1) is 12.0 Å². The van der Waals surface area contributed by atoms with E-state index in [9.17, 15) is 4.79 Å². The van der Waals surface area contributed by atoms with Gasteiger partial charge in [0.15, 0.2) is 5.78 Å². The number of hydrogen-bond acceptors (Lipinski definition) is 5. The lowest BCUT2D eigenvalue weighted by Gasteiger charge is -1.95. The number of Topliss-reactive ketones (excluding diaryl/α,β-unsaturated/α-hetero) is 1. The number of rotatable bonds is 4. The second-order valence-electron chi connectivity index (χ2n) is 3.11. The van der Waals surface area contributed by atoms with Crippen LogP contribution >= 0.6 is 22.7 Å². The molecule has 2 heterocycles. The zero-order valence-electron chi connectivity index (χ0n) is 9.02. The Morgan fingerprint density at radius 2 is 2.38 bits per heavy atom. The Hall–Kier alpha value is -1.20. The lowest BCUT2D eigenvalue weighted by atomic mass is 10.3. The maximum absolute atomic E-state index is 11.7. The molecule has 0 saturated carbocycles. The molecule has 0 saturated heterocycles. The molecule has 16 heavy (non-hydrogen) atoms. The van der Waals surface area contributed by atoms with Gasteiger partial charge in [-0.1, -0.05) is 13.0 Å². The first-order chi connectivity index (χ1) is 7.76. The van der Waals surface area contributed by atoms with Crippen LogP contribution in [0.15, 0.2) is 17.5 Å². The number of hydrogen-bond donors (Lipinski definition) is 0. The fourth-order valence-corrected chi connectivity index (χ4v) is 3.13. The third kappa shape index (κ3) is 2.01. The van der Waals surface area contributed by atoms with Crippen molar-refractivity contribution in [2.75, 3.05) is 7.11 Å². The summed E-state index contributed by atoms with van der Waals surface area (Å²) in [5, 5.41) is 2.84. The summed E-state index contributed by atoms with van der Waals surface area (Å²) in [4.78, 5) is 17.7. The van der Waals surface area contributed by atoms with E-state index in [0.717, 1.165) is 9.88 Å². The molecule has 0 aliphatic rings. The van der Waals surface area contributed by atoms with Crippen LogP contribution < -0.4 is 4.74 Å². The highest BCUT2D eigenvalue weighted by Crippen LogP contribution is 2.35. The molecule has 0 N–H and O–H groups in total. The molecule has 0 amide bonds. The molecule has 2 aromatic heterocycles. The minimum atomic E-state index is 0.0807. The van der Waals surface area contributed by atoms with Crippen molar-refractivity contribution >= 4 is 28.5 Å². The number of thiazole rings is 1. The predicted octanol–water partition coefficient (Wildman–Crippen LogP) is 3.47. The third-order valence-electron chi connectivity index (χ3n) is 2.10. The van der Waals surface area contributed by atoms with Gasteiger partial charge >= 0.3 is 0 Å². The molecule has 0 atom stereocenters. The Labute approximate surface area is 102 Å². The zero-order valence-corrected chi connectivity index (χ0v) is 10.7. The predicted molar refractivity (Wildman–Crippen MR) is 66.6 cm³/mol. The molecule has 0 spiro atoms. The number of carbonyl (C=O) groups excluding carboxylic acids is 1. The molecule has 0 fully saturated rings. The summed E-state index contributed by atoms with van der Waals surface area (Å²) in [6.07, 6.45) is 0.475. The smallest absolute Gasteiger partial charge is 0.236 e. The summed E-state index contributed by atoms with van der Waals surface area (Å²) in [7, 11) is 1.54. The molecule has 3 nitrogen and oxygen atoms in total. The lowest BCUT2D eigenvalue weighted by molar-refractivity contribution is 0.0989. The highest BCUT2D eigenvalue weighted by molar-refractivity contribution is 7.22. The van der Waals surface area contributed by atoms with Crippen LogP contribution in [0.4, 0.5) is 0 Å². The minimum absolute atomic E-state index is 0.0807. The molecule has 0 radical (unpaired) electrons. The molecule has 0 aliphatic heterocycles. The van der Waals surface area contributed by atoms with Gasteiger partial charge in [-0.05, 0) is 11.4 Å². The van der Waals surface area contributed by atoms with Gasteiger partial charge in [0.25, 0.3) is 0 Å². The maximum Gasteiger partial charge on any atom is 0.236 e. The second kappa shape index (κ2) is 4.76. The number of methoxy groups -OCH3 is 1. The molecule has 0 aliphatic carbocycles. The van der Waals surface area contributed by atoms with Crippen LogP contribution in [0.1, 0.15) is 23.0 Å². The number of thiophene rings is 1. The van der Waals surface area contributed by atoms with Gasteiger partial charge in [0.2, 0.25) is 5.88 Å². The first-order valence-corrected chi connectivity index (χ1v) is 6.57. The topological polar surface area (TPSA) is 39.2 Å². The molecule has 0 bridgehead atoms. The van der Waals surface area contributed by atoms with Crippen molar-refractivity contribution in [3.8, 4) is 15.8 Å². The van der Waals surface area contributed by atoms with Gasteiger partial charge in [-0.15, -0.1) is 22.7 Å². The Balaban J connectivity index is 2.44. The summed E-state index contributed by atoms with van der Waals surface area (Å²) >= 11 is 3.01. The monoisotopic (exact) mass is 253 g/mol. The van der Waals surface area contributed by atoms with Crippen molar-refractivity contribution in [3.63, 3.8) is 0 Å². The number of ether oxygens (including phenoxy) is 1. The van der Waals surface area contributed by atoms with Crippen molar-refractivity contribution in [1.29, 1.82) is 0 Å². The summed E-state index contributed by atoms with van der Waals surface area (Å²) in [5.41, 5.74) is 0. The van der Waals surface area contributed by atoms with Gasteiger partial charge in [-0.2, -0.15) is 0 Å². The Kier molecular flexibility index (Phi) is 3.36. The van der Waals surface area contributed by atoms with Crippen LogP contribution in [0.25, 0.3) is 9.88 Å². The van der Waals surface area contributed by atoms with Gasteiger partial charge < -0.3 is 4.74 Å². The highest BCUT2D eigenvalue weighted by Gasteiger charge is 2.18.